The Labute approximate surface area is 170 Å². The second-order valence-corrected chi connectivity index (χ2v) is 8.00. The predicted octanol–water partition coefficient (Wildman–Crippen LogP) is 3.36. The molecule has 5 rings (SSSR count). The number of piperidine rings is 1. The van der Waals surface area contributed by atoms with Gasteiger partial charge in [-0.05, 0) is 61.1 Å². The predicted molar refractivity (Wildman–Crippen MR) is 109 cm³/mol. The zero-order chi connectivity index (χ0) is 20.0. The average molecular weight is 391 g/mol. The summed E-state index contributed by atoms with van der Waals surface area (Å²) in [4.78, 5) is 15.1. The summed E-state index contributed by atoms with van der Waals surface area (Å²) in [5, 5.41) is 4.36. The monoisotopic (exact) mass is 391 g/mol. The number of likely N-dealkylation sites (tertiary alicyclic amines) is 1. The van der Waals surface area contributed by atoms with Gasteiger partial charge < -0.3 is 14.4 Å². The van der Waals surface area contributed by atoms with Gasteiger partial charge in [0.1, 0.15) is 5.75 Å². The lowest BCUT2D eigenvalue weighted by Gasteiger charge is -2.45. The van der Waals surface area contributed by atoms with Gasteiger partial charge in [-0.2, -0.15) is 5.10 Å². The van der Waals surface area contributed by atoms with Gasteiger partial charge in [-0.1, -0.05) is 12.1 Å². The number of carbonyl (C=O) groups excluding carboxylic acids is 1. The van der Waals surface area contributed by atoms with Crippen molar-refractivity contribution in [3.05, 3.63) is 65.0 Å². The minimum absolute atomic E-state index is 0.0458. The molecule has 0 aliphatic carbocycles. The third-order valence-corrected chi connectivity index (χ3v) is 6.31. The van der Waals surface area contributed by atoms with Crippen molar-refractivity contribution >= 4 is 11.4 Å². The Balaban J connectivity index is 1.37. The summed E-state index contributed by atoms with van der Waals surface area (Å²) in [5.74, 6) is 0.932. The first-order valence-electron chi connectivity index (χ1n) is 10.1. The van der Waals surface area contributed by atoms with Crippen molar-refractivity contribution in [2.45, 2.75) is 31.8 Å². The molecule has 0 atom stereocenters. The van der Waals surface area contributed by atoms with Crippen molar-refractivity contribution in [3.8, 4) is 5.75 Å². The molecule has 29 heavy (non-hydrogen) atoms. The van der Waals surface area contributed by atoms with Gasteiger partial charge in [0.15, 0.2) is 0 Å². The number of aryl methyl sites for hydroxylation is 1. The van der Waals surface area contributed by atoms with Crippen LogP contribution in [0.1, 0.15) is 39.9 Å². The second kappa shape index (κ2) is 6.88. The lowest BCUT2D eigenvalue weighted by atomic mass is 9.79. The van der Waals surface area contributed by atoms with Gasteiger partial charge in [-0.15, -0.1) is 0 Å². The Hall–Kier alpha value is -2.86. The normalized spacial score (nSPS) is 18.1. The fourth-order valence-electron chi connectivity index (χ4n) is 4.69. The van der Waals surface area contributed by atoms with Crippen molar-refractivity contribution in [2.24, 2.45) is 0 Å². The Morgan fingerprint density at radius 2 is 2.03 bits per heavy atom. The summed E-state index contributed by atoms with van der Waals surface area (Å²) < 4.78 is 13.5. The summed E-state index contributed by atoms with van der Waals surface area (Å²) in [6.45, 7) is 4.08. The summed E-state index contributed by atoms with van der Waals surface area (Å²) in [5.41, 5.74) is 4.89. The Morgan fingerprint density at radius 1 is 1.21 bits per heavy atom. The van der Waals surface area contributed by atoms with Crippen LogP contribution in [0.25, 0.3) is 5.52 Å². The smallest absolute Gasteiger partial charge is 0.257 e. The number of hydrogen-bond donors (Lipinski definition) is 0. The number of carbonyl (C=O) groups is 1. The highest BCUT2D eigenvalue weighted by molar-refractivity contribution is 6.00. The molecule has 6 nitrogen and oxygen atoms in total. The number of fused-ring (bicyclic) bond motifs is 3. The number of amides is 1. The van der Waals surface area contributed by atoms with Crippen LogP contribution in [0, 0.1) is 6.92 Å². The molecule has 150 valence electrons. The van der Waals surface area contributed by atoms with Crippen LogP contribution in [0.3, 0.4) is 0 Å². The molecule has 0 saturated carbocycles. The van der Waals surface area contributed by atoms with E-state index >= 15 is 0 Å². The van der Waals surface area contributed by atoms with E-state index in [0.29, 0.717) is 25.3 Å². The quantitative estimate of drug-likeness (QED) is 0.672. The summed E-state index contributed by atoms with van der Waals surface area (Å²) in [6, 6.07) is 10.2. The van der Waals surface area contributed by atoms with E-state index in [-0.39, 0.29) is 11.5 Å². The molecule has 6 heteroatoms. The number of ether oxygens (including phenoxy) is 2. The Morgan fingerprint density at radius 3 is 2.83 bits per heavy atom. The number of methoxy groups -OCH3 is 1. The standard InChI is InChI=1S/C23H25N3O3/c1-16-3-6-21-19(14-24-26(21)15-16)22(27)25-10-8-23(9-11-25)20-5-4-18(28-2)13-17(20)7-12-29-23/h3-6,13-15H,7-12H2,1-2H3. The molecule has 2 aromatic heterocycles. The molecular formula is C23H25N3O3. The minimum Gasteiger partial charge on any atom is -0.497 e. The van der Waals surface area contributed by atoms with Crippen molar-refractivity contribution in [3.63, 3.8) is 0 Å². The molecule has 1 fully saturated rings. The zero-order valence-electron chi connectivity index (χ0n) is 16.9. The number of pyridine rings is 1. The molecule has 1 spiro atoms. The largest absolute Gasteiger partial charge is 0.497 e. The van der Waals surface area contributed by atoms with Crippen LogP contribution >= 0.6 is 0 Å². The molecule has 2 aliphatic rings. The van der Waals surface area contributed by atoms with Crippen LogP contribution < -0.4 is 4.74 Å². The lowest BCUT2D eigenvalue weighted by Crippen LogP contribution is -2.48. The third kappa shape index (κ3) is 2.99. The van der Waals surface area contributed by atoms with Crippen LogP contribution in [0.5, 0.6) is 5.75 Å². The SMILES string of the molecule is COc1ccc2c(c1)CCOC21CCN(C(=O)c2cnn3cc(C)ccc23)CC1. The fourth-order valence-corrected chi connectivity index (χ4v) is 4.69. The molecule has 0 radical (unpaired) electrons. The maximum Gasteiger partial charge on any atom is 0.257 e. The second-order valence-electron chi connectivity index (χ2n) is 8.00. The molecule has 0 N–H and O–H groups in total. The van der Waals surface area contributed by atoms with Crippen molar-refractivity contribution < 1.29 is 14.3 Å². The van der Waals surface area contributed by atoms with Crippen LogP contribution in [0.15, 0.2) is 42.7 Å². The van der Waals surface area contributed by atoms with Gasteiger partial charge in [-0.3, -0.25) is 4.79 Å². The highest BCUT2D eigenvalue weighted by Crippen LogP contribution is 2.42. The molecular weight excluding hydrogens is 366 g/mol. The van der Waals surface area contributed by atoms with E-state index in [9.17, 15) is 4.79 Å². The first-order valence-corrected chi connectivity index (χ1v) is 10.1. The maximum absolute atomic E-state index is 13.2. The molecule has 1 amide bonds. The van der Waals surface area contributed by atoms with Crippen molar-refractivity contribution in [1.82, 2.24) is 14.5 Å². The number of nitrogens with zero attached hydrogens (tertiary/aromatic N) is 3. The molecule has 3 aromatic rings. The zero-order valence-corrected chi connectivity index (χ0v) is 16.9. The van der Waals surface area contributed by atoms with Crippen LogP contribution in [-0.2, 0) is 16.8 Å². The first-order chi connectivity index (χ1) is 14.1. The number of benzene rings is 1. The average Bonchev–Trinajstić information content (AvgIpc) is 3.16. The lowest BCUT2D eigenvalue weighted by molar-refractivity contribution is -0.0935. The molecule has 2 aliphatic heterocycles. The summed E-state index contributed by atoms with van der Waals surface area (Å²) >= 11 is 0. The van der Waals surface area contributed by atoms with E-state index in [4.69, 9.17) is 9.47 Å². The van der Waals surface area contributed by atoms with Crippen LogP contribution in [-0.4, -0.2) is 47.2 Å². The van der Waals surface area contributed by atoms with E-state index in [2.05, 4.69) is 17.2 Å². The molecule has 1 saturated heterocycles. The van der Waals surface area contributed by atoms with Gasteiger partial charge in [0.05, 0.1) is 36.6 Å². The van der Waals surface area contributed by atoms with Gasteiger partial charge in [0.2, 0.25) is 0 Å². The van der Waals surface area contributed by atoms with Crippen molar-refractivity contribution in [2.75, 3.05) is 26.8 Å². The van der Waals surface area contributed by atoms with Crippen LogP contribution in [0.4, 0.5) is 0 Å². The molecule has 0 unspecified atom stereocenters. The number of hydrogen-bond acceptors (Lipinski definition) is 4. The van der Waals surface area contributed by atoms with Crippen molar-refractivity contribution in [1.29, 1.82) is 0 Å². The van der Waals surface area contributed by atoms with E-state index in [0.717, 1.165) is 36.1 Å². The fraction of sp³-hybridized carbons (Fsp3) is 0.391. The Kier molecular flexibility index (Phi) is 4.32. The van der Waals surface area contributed by atoms with E-state index < -0.39 is 0 Å². The highest BCUT2D eigenvalue weighted by atomic mass is 16.5. The van der Waals surface area contributed by atoms with E-state index in [1.54, 1.807) is 17.8 Å². The highest BCUT2D eigenvalue weighted by Gasteiger charge is 2.42. The number of rotatable bonds is 2. The van der Waals surface area contributed by atoms with Crippen LogP contribution in [0.2, 0.25) is 0 Å². The van der Waals surface area contributed by atoms with E-state index in [1.165, 1.54) is 11.1 Å². The topological polar surface area (TPSA) is 56.1 Å². The molecule has 1 aromatic carbocycles. The van der Waals surface area contributed by atoms with Gasteiger partial charge in [0.25, 0.3) is 5.91 Å². The third-order valence-electron chi connectivity index (χ3n) is 6.31. The molecule has 0 bridgehead atoms. The van der Waals surface area contributed by atoms with E-state index in [1.807, 2.05) is 36.2 Å². The first kappa shape index (κ1) is 18.2. The molecule has 4 heterocycles. The van der Waals surface area contributed by atoms with Gasteiger partial charge in [0, 0.05) is 19.3 Å². The number of aromatic nitrogens is 2. The maximum atomic E-state index is 13.2. The summed E-state index contributed by atoms with van der Waals surface area (Å²) in [7, 11) is 1.70. The van der Waals surface area contributed by atoms with Gasteiger partial charge in [-0.25, -0.2) is 4.52 Å². The van der Waals surface area contributed by atoms with Gasteiger partial charge >= 0.3 is 0 Å². The Bertz CT molecular complexity index is 1080. The summed E-state index contributed by atoms with van der Waals surface area (Å²) in [6.07, 6.45) is 6.13. The minimum atomic E-state index is -0.297.